The highest BCUT2D eigenvalue weighted by molar-refractivity contribution is 14.0. The first-order valence-corrected chi connectivity index (χ1v) is 11.9. The van der Waals surface area contributed by atoms with E-state index in [-0.39, 0.29) is 24.0 Å². The van der Waals surface area contributed by atoms with Gasteiger partial charge in [0.05, 0.1) is 19.5 Å². The second kappa shape index (κ2) is 12.5. The molecule has 0 saturated carbocycles. The van der Waals surface area contributed by atoms with Crippen LogP contribution in [0.1, 0.15) is 26.7 Å². The van der Waals surface area contributed by atoms with Crippen LogP contribution in [0.4, 0.5) is 0 Å². The number of nitrogens with zero attached hydrogens (tertiary/aromatic N) is 3. The highest BCUT2D eigenvalue weighted by Crippen LogP contribution is 2.18. The average Bonchev–Trinajstić information content (AvgIpc) is 2.64. The van der Waals surface area contributed by atoms with E-state index in [0.717, 1.165) is 58.2 Å². The van der Waals surface area contributed by atoms with Crippen molar-refractivity contribution in [1.29, 1.82) is 0 Å². The van der Waals surface area contributed by atoms with E-state index < -0.39 is 10.0 Å². The number of rotatable bonds is 7. The number of morpholine rings is 1. The number of hydrogen-bond donors (Lipinski definition) is 2. The Morgan fingerprint density at radius 2 is 1.75 bits per heavy atom. The van der Waals surface area contributed by atoms with Crippen LogP contribution >= 0.6 is 24.0 Å². The van der Waals surface area contributed by atoms with Gasteiger partial charge in [0.25, 0.3) is 0 Å². The predicted octanol–water partition coefficient (Wildman–Crippen LogP) is 0.798. The summed E-state index contributed by atoms with van der Waals surface area (Å²) in [5.74, 6) is 1.84. The van der Waals surface area contributed by atoms with E-state index in [4.69, 9.17) is 4.74 Å². The minimum atomic E-state index is -3.06. The number of sulfonamides is 1. The molecule has 10 heteroatoms. The number of piperidine rings is 1. The number of aliphatic imine (C=N–C) groups is 1. The lowest BCUT2D eigenvalue weighted by atomic mass is 9.98. The van der Waals surface area contributed by atoms with E-state index in [1.165, 1.54) is 6.26 Å². The summed E-state index contributed by atoms with van der Waals surface area (Å²) < 4.78 is 30.3. The maximum atomic E-state index is 11.6. The summed E-state index contributed by atoms with van der Waals surface area (Å²) in [6.07, 6.45) is 3.07. The quantitative estimate of drug-likeness (QED) is 0.287. The molecular weight excluding hydrogens is 493 g/mol. The van der Waals surface area contributed by atoms with Crippen LogP contribution in [0, 0.1) is 11.8 Å². The van der Waals surface area contributed by atoms with E-state index in [1.54, 1.807) is 11.4 Å². The molecule has 1 atom stereocenters. The maximum absolute atomic E-state index is 11.6. The molecule has 2 N–H and O–H groups in total. The molecule has 2 aliphatic heterocycles. The third-order valence-corrected chi connectivity index (χ3v) is 6.89. The number of nitrogens with one attached hydrogen (secondary N) is 2. The van der Waals surface area contributed by atoms with E-state index in [2.05, 4.69) is 34.4 Å². The molecule has 0 aliphatic carbocycles. The first kappa shape index (κ1) is 25.9. The first-order chi connectivity index (χ1) is 12.8. The summed E-state index contributed by atoms with van der Waals surface area (Å²) in [6.45, 7) is 11.0. The molecule has 2 heterocycles. The standard InChI is InChI=1S/C18H37N5O3S.HI/c1-15(2)17(22-9-11-26-12-10-22)14-21-18(19-3)20-13-16-5-7-23(8-6-16)27(4,24)25;/h15-17H,5-14H2,1-4H3,(H2,19,20,21);1H. The highest BCUT2D eigenvalue weighted by Gasteiger charge is 2.26. The Labute approximate surface area is 187 Å². The molecule has 2 aliphatic rings. The van der Waals surface area contributed by atoms with Crippen LogP contribution < -0.4 is 10.6 Å². The van der Waals surface area contributed by atoms with Gasteiger partial charge in [-0.3, -0.25) is 9.89 Å². The molecule has 0 aromatic heterocycles. The van der Waals surface area contributed by atoms with Gasteiger partial charge in [0.2, 0.25) is 10.0 Å². The van der Waals surface area contributed by atoms with Gasteiger partial charge < -0.3 is 15.4 Å². The van der Waals surface area contributed by atoms with Gasteiger partial charge in [0, 0.05) is 52.4 Å². The van der Waals surface area contributed by atoms with Crippen molar-refractivity contribution in [3.63, 3.8) is 0 Å². The molecule has 0 amide bonds. The van der Waals surface area contributed by atoms with Crippen LogP contribution in [0.15, 0.2) is 4.99 Å². The molecule has 2 saturated heterocycles. The van der Waals surface area contributed by atoms with Crippen LogP contribution in [0.3, 0.4) is 0 Å². The molecule has 0 aromatic rings. The Morgan fingerprint density at radius 3 is 2.25 bits per heavy atom. The van der Waals surface area contributed by atoms with Gasteiger partial charge in [0.15, 0.2) is 5.96 Å². The van der Waals surface area contributed by atoms with E-state index in [0.29, 0.717) is 31.0 Å². The third-order valence-electron chi connectivity index (χ3n) is 5.59. The summed E-state index contributed by atoms with van der Waals surface area (Å²) in [5, 5.41) is 6.89. The number of guanidine groups is 1. The van der Waals surface area contributed by atoms with Crippen LogP contribution in [0.25, 0.3) is 0 Å². The molecule has 2 fully saturated rings. The summed E-state index contributed by atoms with van der Waals surface area (Å²) in [7, 11) is -1.27. The Kier molecular flexibility index (Phi) is 11.6. The Bertz CT molecular complexity index is 574. The van der Waals surface area contributed by atoms with E-state index in [9.17, 15) is 8.42 Å². The van der Waals surface area contributed by atoms with Crippen molar-refractivity contribution in [2.24, 2.45) is 16.8 Å². The van der Waals surface area contributed by atoms with Gasteiger partial charge >= 0.3 is 0 Å². The average molecular weight is 532 g/mol. The number of hydrogen-bond acceptors (Lipinski definition) is 5. The molecule has 0 aromatic carbocycles. The first-order valence-electron chi connectivity index (χ1n) is 10.0. The second-order valence-corrected chi connectivity index (χ2v) is 9.88. The van der Waals surface area contributed by atoms with Crippen LogP contribution in [0.2, 0.25) is 0 Å². The SMILES string of the molecule is CN=C(NCC1CCN(S(C)(=O)=O)CC1)NCC(C(C)C)N1CCOCC1.I. The van der Waals surface area contributed by atoms with E-state index in [1.807, 2.05) is 0 Å². The van der Waals surface area contributed by atoms with Gasteiger partial charge in [0.1, 0.15) is 0 Å². The molecule has 0 bridgehead atoms. The molecule has 0 radical (unpaired) electrons. The van der Waals surface area contributed by atoms with Crippen molar-refractivity contribution in [2.75, 3.05) is 65.8 Å². The molecule has 1 unspecified atom stereocenters. The van der Waals surface area contributed by atoms with Crippen molar-refractivity contribution < 1.29 is 13.2 Å². The van der Waals surface area contributed by atoms with Crippen molar-refractivity contribution >= 4 is 40.0 Å². The van der Waals surface area contributed by atoms with Crippen molar-refractivity contribution in [2.45, 2.75) is 32.7 Å². The zero-order valence-electron chi connectivity index (χ0n) is 17.7. The molecule has 2 rings (SSSR count). The van der Waals surface area contributed by atoms with Crippen molar-refractivity contribution in [3.05, 3.63) is 0 Å². The largest absolute Gasteiger partial charge is 0.379 e. The second-order valence-electron chi connectivity index (χ2n) is 7.90. The minimum Gasteiger partial charge on any atom is -0.379 e. The van der Waals surface area contributed by atoms with Crippen LogP contribution in [-0.2, 0) is 14.8 Å². The monoisotopic (exact) mass is 531 g/mol. The normalized spacial score (nSPS) is 22.0. The summed E-state index contributed by atoms with van der Waals surface area (Å²) in [4.78, 5) is 6.84. The summed E-state index contributed by atoms with van der Waals surface area (Å²) in [5.41, 5.74) is 0. The van der Waals surface area contributed by atoms with Crippen molar-refractivity contribution in [1.82, 2.24) is 19.8 Å². The highest BCUT2D eigenvalue weighted by atomic mass is 127. The topological polar surface area (TPSA) is 86.3 Å². The fraction of sp³-hybridized carbons (Fsp3) is 0.944. The predicted molar refractivity (Wildman–Crippen MR) is 125 cm³/mol. The zero-order chi connectivity index (χ0) is 19.9. The lowest BCUT2D eigenvalue weighted by Gasteiger charge is -2.37. The summed E-state index contributed by atoms with van der Waals surface area (Å²) in [6, 6.07) is 0.449. The minimum absolute atomic E-state index is 0. The summed E-state index contributed by atoms with van der Waals surface area (Å²) >= 11 is 0. The molecule has 166 valence electrons. The third kappa shape index (κ3) is 8.29. The Hall–Kier alpha value is -0.170. The van der Waals surface area contributed by atoms with Crippen molar-refractivity contribution in [3.8, 4) is 0 Å². The van der Waals surface area contributed by atoms with Gasteiger partial charge in [-0.1, -0.05) is 13.8 Å². The fourth-order valence-corrected chi connectivity index (χ4v) is 4.68. The number of halogens is 1. The van der Waals surface area contributed by atoms with Crippen LogP contribution in [-0.4, -0.2) is 95.4 Å². The van der Waals surface area contributed by atoms with Crippen LogP contribution in [0.5, 0.6) is 0 Å². The molecule has 28 heavy (non-hydrogen) atoms. The lowest BCUT2D eigenvalue weighted by molar-refractivity contribution is 0.00752. The molecule has 0 spiro atoms. The van der Waals surface area contributed by atoms with Gasteiger partial charge in [-0.15, -0.1) is 24.0 Å². The Morgan fingerprint density at radius 1 is 1.14 bits per heavy atom. The zero-order valence-corrected chi connectivity index (χ0v) is 20.8. The Balaban J connectivity index is 0.00000392. The maximum Gasteiger partial charge on any atom is 0.211 e. The van der Waals surface area contributed by atoms with Gasteiger partial charge in [-0.05, 0) is 24.7 Å². The van der Waals surface area contributed by atoms with Gasteiger partial charge in [-0.2, -0.15) is 0 Å². The lowest BCUT2D eigenvalue weighted by Crippen LogP contribution is -2.53. The number of ether oxygens (including phenoxy) is 1. The van der Waals surface area contributed by atoms with E-state index >= 15 is 0 Å². The fourth-order valence-electron chi connectivity index (χ4n) is 3.80. The molecule has 8 nitrogen and oxygen atoms in total. The molecular formula is C18H38IN5O3S. The smallest absolute Gasteiger partial charge is 0.211 e. The van der Waals surface area contributed by atoms with Gasteiger partial charge in [-0.25, -0.2) is 12.7 Å².